The molecule has 2 aromatic rings. The van der Waals surface area contributed by atoms with Crippen LogP contribution in [0.25, 0.3) is 0 Å². The van der Waals surface area contributed by atoms with Crippen molar-refractivity contribution >= 4 is 21.6 Å². The number of amides is 1. The van der Waals surface area contributed by atoms with Gasteiger partial charge in [0.1, 0.15) is 6.04 Å². The van der Waals surface area contributed by atoms with Crippen LogP contribution in [0.3, 0.4) is 0 Å². The summed E-state index contributed by atoms with van der Waals surface area (Å²) in [6.07, 6.45) is 1.12. The van der Waals surface area contributed by atoms with E-state index in [1.807, 2.05) is 33.8 Å². The topological polar surface area (TPSA) is 66.5 Å². The van der Waals surface area contributed by atoms with E-state index in [-0.39, 0.29) is 11.9 Å². The molecule has 0 fully saturated rings. The summed E-state index contributed by atoms with van der Waals surface area (Å²) in [6.45, 7) is 11.5. The Labute approximate surface area is 168 Å². The van der Waals surface area contributed by atoms with Gasteiger partial charge >= 0.3 is 0 Å². The van der Waals surface area contributed by atoms with E-state index in [0.29, 0.717) is 5.69 Å². The summed E-state index contributed by atoms with van der Waals surface area (Å²) in [6, 6.07) is 10.2. The predicted octanol–water partition coefficient (Wildman–Crippen LogP) is 3.95. The molecule has 2 rings (SSSR count). The van der Waals surface area contributed by atoms with Crippen LogP contribution in [0.1, 0.15) is 47.7 Å². The molecular weight excluding hydrogens is 372 g/mol. The van der Waals surface area contributed by atoms with Crippen molar-refractivity contribution in [3.05, 3.63) is 64.2 Å². The molecule has 0 aliphatic heterocycles. The first-order chi connectivity index (χ1) is 12.9. The molecule has 0 aliphatic carbocycles. The highest BCUT2D eigenvalue weighted by molar-refractivity contribution is 7.92. The van der Waals surface area contributed by atoms with E-state index in [1.165, 1.54) is 9.87 Å². The molecule has 2 atom stereocenters. The van der Waals surface area contributed by atoms with Crippen molar-refractivity contribution in [3.8, 4) is 0 Å². The number of hydrogen-bond donors (Lipinski definition) is 1. The van der Waals surface area contributed by atoms with Gasteiger partial charge in [0, 0.05) is 0 Å². The van der Waals surface area contributed by atoms with Crippen molar-refractivity contribution in [1.29, 1.82) is 0 Å². The van der Waals surface area contributed by atoms with E-state index in [1.54, 1.807) is 25.1 Å². The van der Waals surface area contributed by atoms with Crippen molar-refractivity contribution in [3.63, 3.8) is 0 Å². The number of benzene rings is 2. The molecule has 0 aliphatic rings. The molecule has 0 spiro atoms. The SMILES string of the molecule is Cc1cccc(N([C@@H](C)C(=O)N[C@@H](C)c2cc(C)c(C)cc2C)S(C)(=O)=O)c1. The second kappa shape index (κ2) is 8.35. The largest absolute Gasteiger partial charge is 0.348 e. The molecule has 0 saturated carbocycles. The van der Waals surface area contributed by atoms with Gasteiger partial charge in [0.25, 0.3) is 0 Å². The van der Waals surface area contributed by atoms with Gasteiger partial charge in [-0.25, -0.2) is 8.42 Å². The summed E-state index contributed by atoms with van der Waals surface area (Å²) >= 11 is 0. The molecule has 0 aromatic heterocycles. The Bertz CT molecular complexity index is 983. The lowest BCUT2D eigenvalue weighted by Crippen LogP contribution is -2.48. The average molecular weight is 403 g/mol. The van der Waals surface area contributed by atoms with Crippen molar-refractivity contribution < 1.29 is 13.2 Å². The maximum Gasteiger partial charge on any atom is 0.244 e. The van der Waals surface area contributed by atoms with Crippen LogP contribution in [0, 0.1) is 27.7 Å². The smallest absolute Gasteiger partial charge is 0.244 e. The van der Waals surface area contributed by atoms with Crippen LogP contribution in [0.2, 0.25) is 0 Å². The third-order valence-corrected chi connectivity index (χ3v) is 6.29. The summed E-state index contributed by atoms with van der Waals surface area (Å²) in [4.78, 5) is 12.9. The van der Waals surface area contributed by atoms with E-state index in [9.17, 15) is 13.2 Å². The summed E-state index contributed by atoms with van der Waals surface area (Å²) in [5, 5.41) is 2.98. The Morgan fingerprint density at radius 1 is 0.964 bits per heavy atom. The van der Waals surface area contributed by atoms with E-state index in [4.69, 9.17) is 0 Å². The molecule has 0 heterocycles. The highest BCUT2D eigenvalue weighted by atomic mass is 32.2. The Morgan fingerprint density at radius 3 is 2.14 bits per heavy atom. The molecule has 2 aromatic carbocycles. The lowest BCUT2D eigenvalue weighted by Gasteiger charge is -2.30. The molecule has 1 amide bonds. The third kappa shape index (κ3) is 4.93. The van der Waals surface area contributed by atoms with E-state index < -0.39 is 16.1 Å². The highest BCUT2D eigenvalue weighted by Crippen LogP contribution is 2.24. The van der Waals surface area contributed by atoms with Gasteiger partial charge in [-0.1, -0.05) is 24.3 Å². The van der Waals surface area contributed by atoms with Crippen molar-refractivity contribution in [2.24, 2.45) is 0 Å². The maximum atomic E-state index is 12.9. The van der Waals surface area contributed by atoms with Gasteiger partial charge in [-0.05, 0) is 81.5 Å². The summed E-state index contributed by atoms with van der Waals surface area (Å²) < 4.78 is 26.0. The van der Waals surface area contributed by atoms with Crippen LogP contribution in [-0.4, -0.2) is 26.6 Å². The van der Waals surface area contributed by atoms with Crippen LogP contribution >= 0.6 is 0 Å². The van der Waals surface area contributed by atoms with Gasteiger partial charge in [0.05, 0.1) is 18.0 Å². The molecule has 1 N–H and O–H groups in total. The maximum absolute atomic E-state index is 12.9. The number of anilines is 1. The van der Waals surface area contributed by atoms with Crippen molar-refractivity contribution in [2.45, 2.75) is 53.6 Å². The molecule has 5 nitrogen and oxygen atoms in total. The second-order valence-electron chi connectivity index (χ2n) is 7.60. The van der Waals surface area contributed by atoms with E-state index in [2.05, 4.69) is 24.4 Å². The number of nitrogens with zero attached hydrogens (tertiary/aromatic N) is 1. The number of carbonyl (C=O) groups excluding carboxylic acids is 1. The Hall–Kier alpha value is -2.34. The number of rotatable bonds is 6. The minimum Gasteiger partial charge on any atom is -0.348 e. The van der Waals surface area contributed by atoms with Crippen LogP contribution in [-0.2, 0) is 14.8 Å². The molecule has 0 radical (unpaired) electrons. The molecular formula is C22H30N2O3S. The van der Waals surface area contributed by atoms with Crippen LogP contribution in [0.4, 0.5) is 5.69 Å². The summed E-state index contributed by atoms with van der Waals surface area (Å²) in [5.74, 6) is -0.336. The fraction of sp³-hybridized carbons (Fsp3) is 0.409. The first-order valence-electron chi connectivity index (χ1n) is 9.36. The minimum atomic E-state index is -3.63. The van der Waals surface area contributed by atoms with Gasteiger partial charge in [0.2, 0.25) is 15.9 Å². The zero-order chi connectivity index (χ0) is 21.2. The Balaban J connectivity index is 2.30. The third-order valence-electron chi connectivity index (χ3n) is 5.05. The number of nitrogens with one attached hydrogen (secondary N) is 1. The number of hydrogen-bond acceptors (Lipinski definition) is 3. The van der Waals surface area contributed by atoms with Gasteiger partial charge in [-0.3, -0.25) is 9.10 Å². The zero-order valence-electron chi connectivity index (χ0n) is 17.7. The quantitative estimate of drug-likeness (QED) is 0.795. The predicted molar refractivity (Wildman–Crippen MR) is 115 cm³/mol. The average Bonchev–Trinajstić information content (AvgIpc) is 2.56. The number of aryl methyl sites for hydroxylation is 4. The van der Waals surface area contributed by atoms with Gasteiger partial charge < -0.3 is 5.32 Å². The fourth-order valence-electron chi connectivity index (χ4n) is 3.43. The normalized spacial score (nSPS) is 13.7. The van der Waals surface area contributed by atoms with Crippen molar-refractivity contribution in [1.82, 2.24) is 5.32 Å². The first kappa shape index (κ1) is 22.0. The Kier molecular flexibility index (Phi) is 6.55. The highest BCUT2D eigenvalue weighted by Gasteiger charge is 2.30. The molecule has 0 saturated heterocycles. The summed E-state index contributed by atoms with van der Waals surface area (Å²) in [7, 11) is -3.63. The number of sulfonamides is 1. The lowest BCUT2D eigenvalue weighted by molar-refractivity contribution is -0.122. The molecule has 0 unspecified atom stereocenters. The second-order valence-corrected chi connectivity index (χ2v) is 9.46. The molecule has 28 heavy (non-hydrogen) atoms. The van der Waals surface area contributed by atoms with E-state index in [0.717, 1.165) is 28.5 Å². The molecule has 0 bridgehead atoms. The lowest BCUT2D eigenvalue weighted by atomic mass is 9.96. The van der Waals surface area contributed by atoms with Gasteiger partial charge in [-0.15, -0.1) is 0 Å². The Morgan fingerprint density at radius 2 is 1.57 bits per heavy atom. The molecule has 152 valence electrons. The van der Waals surface area contributed by atoms with Gasteiger partial charge in [-0.2, -0.15) is 0 Å². The van der Waals surface area contributed by atoms with E-state index >= 15 is 0 Å². The monoisotopic (exact) mass is 402 g/mol. The first-order valence-corrected chi connectivity index (χ1v) is 11.2. The molecule has 6 heteroatoms. The van der Waals surface area contributed by atoms with Crippen LogP contribution in [0.15, 0.2) is 36.4 Å². The van der Waals surface area contributed by atoms with Gasteiger partial charge in [0.15, 0.2) is 0 Å². The van der Waals surface area contributed by atoms with Crippen molar-refractivity contribution in [2.75, 3.05) is 10.6 Å². The summed E-state index contributed by atoms with van der Waals surface area (Å²) in [5.41, 5.74) is 5.91. The standard InChI is InChI=1S/C22H30N2O3S/c1-14-9-8-10-20(11-14)24(28(7,26)27)19(6)22(25)23-18(5)21-13-16(3)15(2)12-17(21)4/h8-13,18-19H,1-7H3,(H,23,25)/t18-,19-/m0/s1. The minimum absolute atomic E-state index is 0.229. The number of carbonyl (C=O) groups is 1. The van der Waals surface area contributed by atoms with Crippen LogP contribution in [0.5, 0.6) is 0 Å². The fourth-order valence-corrected chi connectivity index (χ4v) is 4.60. The van der Waals surface area contributed by atoms with Crippen LogP contribution < -0.4 is 9.62 Å². The zero-order valence-corrected chi connectivity index (χ0v) is 18.5.